The van der Waals surface area contributed by atoms with Gasteiger partial charge in [-0.1, -0.05) is 38.2 Å². The van der Waals surface area contributed by atoms with Crippen LogP contribution in [0.1, 0.15) is 20.3 Å². The fourth-order valence-corrected chi connectivity index (χ4v) is 6.36. The lowest BCUT2D eigenvalue weighted by molar-refractivity contribution is -0.157. The summed E-state index contributed by atoms with van der Waals surface area (Å²) in [6.45, 7) is 8.38. The zero-order chi connectivity index (χ0) is 25.4. The van der Waals surface area contributed by atoms with Crippen LogP contribution in [0.25, 0.3) is 0 Å². The largest absolute Gasteiger partial charge is 0.465 e. The summed E-state index contributed by atoms with van der Waals surface area (Å²) in [6.07, 6.45) is 7.37. The number of hydrogen-bond acceptors (Lipinski definition) is 8. The van der Waals surface area contributed by atoms with Crippen molar-refractivity contribution in [3.63, 3.8) is 0 Å². The van der Waals surface area contributed by atoms with Crippen LogP contribution in [0.2, 0.25) is 0 Å². The van der Waals surface area contributed by atoms with Crippen LogP contribution in [-0.2, 0) is 28.6 Å². The Morgan fingerprint density at radius 2 is 1.86 bits per heavy atom. The topological polar surface area (TPSA) is 109 Å². The van der Waals surface area contributed by atoms with E-state index < -0.39 is 41.6 Å². The van der Waals surface area contributed by atoms with Crippen molar-refractivity contribution in [1.29, 1.82) is 0 Å². The first-order valence-electron chi connectivity index (χ1n) is 13.1. The summed E-state index contributed by atoms with van der Waals surface area (Å²) in [5, 5.41) is 10.3. The lowest BCUT2D eigenvalue weighted by Crippen LogP contribution is -2.59. The third-order valence-corrected chi connectivity index (χ3v) is 8.25. The van der Waals surface area contributed by atoms with Gasteiger partial charge in [0.1, 0.15) is 17.6 Å². The maximum absolute atomic E-state index is 14.2. The first-order chi connectivity index (χ1) is 17.4. The lowest BCUT2D eigenvalue weighted by Gasteiger charge is -2.40. The molecule has 0 saturated carbocycles. The number of likely N-dealkylation sites (tertiary alicyclic amines) is 1. The molecule has 2 amide bonds. The Kier molecular flexibility index (Phi) is 7.22. The number of morpholine rings is 1. The molecule has 5 rings (SSSR count). The van der Waals surface area contributed by atoms with Gasteiger partial charge < -0.3 is 29.1 Å². The predicted octanol–water partition coefficient (Wildman–Crippen LogP) is -0.182. The molecule has 0 bridgehead atoms. The minimum atomic E-state index is -1.30. The Morgan fingerprint density at radius 1 is 1.08 bits per heavy atom. The molecule has 1 spiro atoms. The molecule has 5 aliphatic rings. The molecule has 3 fully saturated rings. The number of amides is 2. The fourth-order valence-electron chi connectivity index (χ4n) is 6.36. The predicted molar refractivity (Wildman–Crippen MR) is 129 cm³/mol. The van der Waals surface area contributed by atoms with E-state index in [0.717, 1.165) is 13.1 Å². The van der Waals surface area contributed by atoms with Crippen LogP contribution in [-0.4, -0.2) is 121 Å². The van der Waals surface area contributed by atoms with Crippen molar-refractivity contribution in [2.45, 2.75) is 44.1 Å². The van der Waals surface area contributed by atoms with E-state index in [1.54, 1.807) is 4.90 Å². The van der Waals surface area contributed by atoms with Crippen molar-refractivity contribution in [1.82, 2.24) is 14.7 Å². The van der Waals surface area contributed by atoms with E-state index in [0.29, 0.717) is 39.3 Å². The number of aliphatic hydroxyl groups is 1. The molecule has 0 radical (unpaired) electrons. The third kappa shape index (κ3) is 4.17. The highest BCUT2D eigenvalue weighted by molar-refractivity contribution is 5.99. The molecule has 0 aromatic carbocycles. The quantitative estimate of drug-likeness (QED) is 0.393. The van der Waals surface area contributed by atoms with Crippen molar-refractivity contribution in [2.24, 2.45) is 17.8 Å². The molecule has 1 unspecified atom stereocenters. The minimum absolute atomic E-state index is 0.100. The fraction of sp³-hybridized carbons (Fsp3) is 0.731. The molecular formula is C26H37N3O7. The van der Waals surface area contributed by atoms with Crippen molar-refractivity contribution in [2.75, 3.05) is 59.2 Å². The SMILES string of the molecule is CC(C)[C@H](CO)N1C(=O)[C@@H]2[C@@H]3C(=O)OCCC=C[C@@H]3O[C@@]23C=CCN(CCN2CCOCC2)C(=O)C13. The second kappa shape index (κ2) is 10.2. The molecule has 5 aliphatic heterocycles. The van der Waals surface area contributed by atoms with E-state index in [9.17, 15) is 19.5 Å². The second-order valence-electron chi connectivity index (χ2n) is 10.6. The highest BCUT2D eigenvalue weighted by Crippen LogP contribution is 2.54. The average Bonchev–Trinajstić information content (AvgIpc) is 3.23. The normalized spacial score (nSPS) is 35.7. The lowest BCUT2D eigenvalue weighted by atomic mass is 9.77. The number of cyclic esters (lactones) is 1. The number of aliphatic hydroxyl groups excluding tert-OH is 1. The first kappa shape index (κ1) is 25.4. The maximum atomic E-state index is 14.2. The molecule has 1 N–H and O–H groups in total. The van der Waals surface area contributed by atoms with Gasteiger partial charge in [0.15, 0.2) is 0 Å². The zero-order valence-electron chi connectivity index (χ0n) is 21.1. The number of ether oxygens (including phenoxy) is 3. The molecule has 36 heavy (non-hydrogen) atoms. The van der Waals surface area contributed by atoms with Gasteiger partial charge in [-0.15, -0.1) is 0 Å². The minimum Gasteiger partial charge on any atom is -0.465 e. The van der Waals surface area contributed by atoms with Crippen molar-refractivity contribution < 1.29 is 33.7 Å². The smallest absolute Gasteiger partial charge is 0.312 e. The Morgan fingerprint density at radius 3 is 2.58 bits per heavy atom. The van der Waals surface area contributed by atoms with Gasteiger partial charge >= 0.3 is 5.97 Å². The number of nitrogens with zero attached hydrogens (tertiary/aromatic N) is 3. The molecular weight excluding hydrogens is 466 g/mol. The van der Waals surface area contributed by atoms with Crippen LogP contribution < -0.4 is 0 Å². The van der Waals surface area contributed by atoms with Crippen LogP contribution in [0.5, 0.6) is 0 Å². The van der Waals surface area contributed by atoms with Crippen LogP contribution in [0.3, 0.4) is 0 Å². The van der Waals surface area contributed by atoms with Crippen molar-refractivity contribution in [3.05, 3.63) is 24.3 Å². The summed E-state index contributed by atoms with van der Waals surface area (Å²) in [6, 6.07) is -1.55. The Hall–Kier alpha value is -2.27. The van der Waals surface area contributed by atoms with Gasteiger partial charge in [-0.3, -0.25) is 19.3 Å². The molecule has 10 nitrogen and oxygen atoms in total. The molecule has 10 heteroatoms. The second-order valence-corrected chi connectivity index (χ2v) is 10.6. The summed E-state index contributed by atoms with van der Waals surface area (Å²) in [7, 11) is 0. The average molecular weight is 504 g/mol. The van der Waals surface area contributed by atoms with E-state index in [1.165, 1.54) is 4.90 Å². The van der Waals surface area contributed by atoms with Crippen molar-refractivity contribution >= 4 is 17.8 Å². The van der Waals surface area contributed by atoms with Crippen LogP contribution in [0.4, 0.5) is 0 Å². The number of hydrogen-bond donors (Lipinski definition) is 1. The number of esters is 1. The third-order valence-electron chi connectivity index (χ3n) is 8.25. The number of carbonyl (C=O) groups is 3. The standard InChI is InChI=1S/C26H37N3O7/c1-17(2)18(16-30)29-22-24(32)28(10-9-27-11-14-34-15-12-27)8-5-7-26(22)21(23(29)31)20-19(36-26)6-3-4-13-35-25(20)33/h3,5-7,17-22,30H,4,8-16H2,1-2H3/t18-,19-,20+,21-,22?,26-/m0/s1. The van der Waals surface area contributed by atoms with E-state index in [2.05, 4.69) is 4.90 Å². The molecule has 6 atom stereocenters. The van der Waals surface area contributed by atoms with E-state index >= 15 is 0 Å². The van der Waals surface area contributed by atoms with Gasteiger partial charge in [0.05, 0.1) is 44.5 Å². The monoisotopic (exact) mass is 503 g/mol. The highest BCUT2D eigenvalue weighted by Gasteiger charge is 2.72. The van der Waals surface area contributed by atoms with Crippen LogP contribution in [0.15, 0.2) is 24.3 Å². The molecule has 0 aromatic heterocycles. The van der Waals surface area contributed by atoms with Gasteiger partial charge in [0, 0.05) is 32.7 Å². The summed E-state index contributed by atoms with van der Waals surface area (Å²) in [5.74, 6) is -2.86. The zero-order valence-corrected chi connectivity index (χ0v) is 21.1. The summed E-state index contributed by atoms with van der Waals surface area (Å²) in [4.78, 5) is 47.0. The summed E-state index contributed by atoms with van der Waals surface area (Å²) in [5.41, 5.74) is -1.30. The van der Waals surface area contributed by atoms with E-state index in [1.807, 2.05) is 38.2 Å². The van der Waals surface area contributed by atoms with Crippen molar-refractivity contribution in [3.8, 4) is 0 Å². The molecule has 0 aromatic rings. The summed E-state index contributed by atoms with van der Waals surface area (Å²) < 4.78 is 17.5. The first-order valence-corrected chi connectivity index (χ1v) is 13.1. The van der Waals surface area contributed by atoms with Gasteiger partial charge in [-0.2, -0.15) is 0 Å². The highest BCUT2D eigenvalue weighted by atomic mass is 16.6. The van der Waals surface area contributed by atoms with Gasteiger partial charge in [0.25, 0.3) is 0 Å². The van der Waals surface area contributed by atoms with Gasteiger partial charge in [0.2, 0.25) is 11.8 Å². The van der Waals surface area contributed by atoms with Gasteiger partial charge in [-0.25, -0.2) is 0 Å². The number of fused-ring (bicyclic) bond motifs is 2. The van der Waals surface area contributed by atoms with Gasteiger partial charge in [-0.05, 0) is 12.3 Å². The molecule has 5 heterocycles. The Bertz CT molecular complexity index is 930. The molecule has 0 aliphatic carbocycles. The van der Waals surface area contributed by atoms with Crippen LogP contribution in [0, 0.1) is 17.8 Å². The Balaban J connectivity index is 1.52. The number of rotatable bonds is 6. The Labute approximate surface area is 211 Å². The number of carbonyl (C=O) groups excluding carboxylic acids is 3. The van der Waals surface area contributed by atoms with E-state index in [4.69, 9.17) is 14.2 Å². The molecule has 198 valence electrons. The maximum Gasteiger partial charge on any atom is 0.312 e. The van der Waals surface area contributed by atoms with Crippen LogP contribution >= 0.6 is 0 Å². The molecule has 3 saturated heterocycles. The van der Waals surface area contributed by atoms with E-state index in [-0.39, 0.29) is 30.9 Å². The summed E-state index contributed by atoms with van der Waals surface area (Å²) >= 11 is 0.